The van der Waals surface area contributed by atoms with Gasteiger partial charge in [0.25, 0.3) is 0 Å². The molecule has 6 heteroatoms. The molecule has 21 heavy (non-hydrogen) atoms. The molecule has 0 amide bonds. The summed E-state index contributed by atoms with van der Waals surface area (Å²) >= 11 is 9.87. The number of hydrogen-bond donors (Lipinski definition) is 0. The minimum atomic E-state index is -0.234. The SMILES string of the molecule is CC(C)Cc1nc(CSc2cccc(F)c2)nc(Cl)c1I. The molecule has 0 aliphatic heterocycles. The highest BCUT2D eigenvalue weighted by molar-refractivity contribution is 14.1. The maximum absolute atomic E-state index is 13.2. The number of hydrogen-bond acceptors (Lipinski definition) is 3. The third-order valence-electron chi connectivity index (χ3n) is 2.69. The first-order valence-electron chi connectivity index (χ1n) is 6.55. The van der Waals surface area contributed by atoms with Gasteiger partial charge in [-0.2, -0.15) is 0 Å². The second-order valence-electron chi connectivity index (χ2n) is 5.04. The minimum absolute atomic E-state index is 0.234. The summed E-state index contributed by atoms with van der Waals surface area (Å²) < 4.78 is 14.1. The highest BCUT2D eigenvalue weighted by Gasteiger charge is 2.12. The van der Waals surface area contributed by atoms with E-state index in [1.54, 1.807) is 6.07 Å². The van der Waals surface area contributed by atoms with Crippen LogP contribution in [0.3, 0.4) is 0 Å². The van der Waals surface area contributed by atoms with Crippen molar-refractivity contribution in [2.75, 3.05) is 0 Å². The van der Waals surface area contributed by atoms with Gasteiger partial charge in [-0.3, -0.25) is 0 Å². The first kappa shape index (κ1) is 17.0. The Morgan fingerprint density at radius 3 is 2.76 bits per heavy atom. The molecule has 0 atom stereocenters. The van der Waals surface area contributed by atoms with Gasteiger partial charge in [-0.15, -0.1) is 11.8 Å². The van der Waals surface area contributed by atoms with Gasteiger partial charge in [-0.1, -0.05) is 31.5 Å². The Balaban J connectivity index is 2.14. The van der Waals surface area contributed by atoms with Gasteiger partial charge in [0, 0.05) is 4.90 Å². The monoisotopic (exact) mass is 436 g/mol. The van der Waals surface area contributed by atoms with E-state index in [-0.39, 0.29) is 5.82 Å². The van der Waals surface area contributed by atoms with Crippen LogP contribution in [0.25, 0.3) is 0 Å². The average molecular weight is 437 g/mol. The van der Waals surface area contributed by atoms with Gasteiger partial charge in [-0.25, -0.2) is 14.4 Å². The van der Waals surface area contributed by atoms with E-state index in [1.807, 2.05) is 6.07 Å². The average Bonchev–Trinajstić information content (AvgIpc) is 2.41. The van der Waals surface area contributed by atoms with Gasteiger partial charge < -0.3 is 0 Å². The van der Waals surface area contributed by atoms with Crippen molar-refractivity contribution in [3.8, 4) is 0 Å². The topological polar surface area (TPSA) is 25.8 Å². The molecular weight excluding hydrogens is 422 g/mol. The molecule has 0 aliphatic rings. The minimum Gasteiger partial charge on any atom is -0.236 e. The van der Waals surface area contributed by atoms with E-state index in [1.165, 1.54) is 23.9 Å². The number of aromatic nitrogens is 2. The Morgan fingerprint density at radius 2 is 2.10 bits per heavy atom. The normalized spacial score (nSPS) is 11.1. The first-order chi connectivity index (χ1) is 9.95. The van der Waals surface area contributed by atoms with Crippen molar-refractivity contribution in [1.29, 1.82) is 0 Å². The molecule has 2 aromatic rings. The van der Waals surface area contributed by atoms with Crippen LogP contribution in [-0.2, 0) is 12.2 Å². The molecule has 1 heterocycles. The summed E-state index contributed by atoms with van der Waals surface area (Å²) in [5.74, 6) is 1.53. The second kappa shape index (κ2) is 7.74. The zero-order valence-electron chi connectivity index (χ0n) is 11.7. The van der Waals surface area contributed by atoms with E-state index in [0.29, 0.717) is 22.6 Å². The van der Waals surface area contributed by atoms with E-state index < -0.39 is 0 Å². The summed E-state index contributed by atoms with van der Waals surface area (Å²) in [5.41, 5.74) is 0.987. The van der Waals surface area contributed by atoms with Crippen molar-refractivity contribution in [2.45, 2.75) is 30.9 Å². The Morgan fingerprint density at radius 1 is 1.33 bits per heavy atom. The standard InChI is InChI=1S/C15H15ClFIN2S/c1-9(2)6-12-14(18)15(16)20-13(19-12)8-21-11-5-3-4-10(17)7-11/h3-5,7,9H,6,8H2,1-2H3. The maximum Gasteiger partial charge on any atom is 0.146 e. The lowest BCUT2D eigenvalue weighted by Crippen LogP contribution is -2.06. The number of rotatable bonds is 5. The molecule has 112 valence electrons. The smallest absolute Gasteiger partial charge is 0.146 e. The predicted octanol–water partition coefficient (Wildman–Crippen LogP) is 5.36. The van der Waals surface area contributed by atoms with Crippen molar-refractivity contribution >= 4 is 46.0 Å². The van der Waals surface area contributed by atoms with Crippen molar-refractivity contribution in [3.05, 3.63) is 50.3 Å². The summed E-state index contributed by atoms with van der Waals surface area (Å²) in [7, 11) is 0. The molecule has 0 saturated heterocycles. The Labute approximate surface area is 147 Å². The van der Waals surface area contributed by atoms with Crippen molar-refractivity contribution in [2.24, 2.45) is 5.92 Å². The fraction of sp³-hybridized carbons (Fsp3) is 0.333. The quantitative estimate of drug-likeness (QED) is 0.358. The molecule has 1 aromatic heterocycles. The largest absolute Gasteiger partial charge is 0.236 e. The molecule has 0 bridgehead atoms. The van der Waals surface area contributed by atoms with Gasteiger partial charge >= 0.3 is 0 Å². The zero-order valence-corrected chi connectivity index (χ0v) is 15.5. The molecule has 0 radical (unpaired) electrons. The fourth-order valence-electron chi connectivity index (χ4n) is 1.80. The predicted molar refractivity (Wildman–Crippen MR) is 94.3 cm³/mol. The molecule has 0 aliphatic carbocycles. The van der Waals surface area contributed by atoms with Crippen LogP contribution in [0, 0.1) is 15.3 Å². The highest BCUT2D eigenvalue weighted by atomic mass is 127. The summed E-state index contributed by atoms with van der Waals surface area (Å²) in [6.07, 6.45) is 0.873. The van der Waals surface area contributed by atoms with Crippen molar-refractivity contribution in [3.63, 3.8) is 0 Å². The second-order valence-corrected chi connectivity index (χ2v) is 7.52. The molecule has 2 rings (SSSR count). The van der Waals surface area contributed by atoms with Gasteiger partial charge in [0.1, 0.15) is 16.8 Å². The molecule has 0 spiro atoms. The van der Waals surface area contributed by atoms with Crippen LogP contribution in [-0.4, -0.2) is 9.97 Å². The third-order valence-corrected chi connectivity index (χ3v) is 5.41. The van der Waals surface area contributed by atoms with Gasteiger partial charge in [0.2, 0.25) is 0 Å². The van der Waals surface area contributed by atoms with E-state index >= 15 is 0 Å². The lowest BCUT2D eigenvalue weighted by molar-refractivity contribution is 0.624. The summed E-state index contributed by atoms with van der Waals surface area (Å²) in [6.45, 7) is 4.29. The van der Waals surface area contributed by atoms with Crippen LogP contribution in [0.15, 0.2) is 29.2 Å². The van der Waals surface area contributed by atoms with Gasteiger partial charge in [0.05, 0.1) is 15.0 Å². The van der Waals surface area contributed by atoms with E-state index in [4.69, 9.17) is 11.6 Å². The lowest BCUT2D eigenvalue weighted by Gasteiger charge is -2.10. The number of benzene rings is 1. The van der Waals surface area contributed by atoms with Crippen LogP contribution in [0.1, 0.15) is 25.4 Å². The number of thioether (sulfide) groups is 1. The number of nitrogens with zero attached hydrogens (tertiary/aromatic N) is 2. The molecule has 1 aromatic carbocycles. The molecule has 0 saturated carbocycles. The van der Waals surface area contributed by atoms with E-state index in [9.17, 15) is 4.39 Å². The summed E-state index contributed by atoms with van der Waals surface area (Å²) in [4.78, 5) is 9.76. The van der Waals surface area contributed by atoms with Crippen LogP contribution in [0.2, 0.25) is 5.15 Å². The maximum atomic E-state index is 13.2. The molecule has 2 nitrogen and oxygen atoms in total. The zero-order chi connectivity index (χ0) is 15.4. The molecule has 0 fully saturated rings. The van der Waals surface area contributed by atoms with Crippen LogP contribution in [0.5, 0.6) is 0 Å². The number of halogens is 3. The van der Waals surface area contributed by atoms with E-state index in [2.05, 4.69) is 46.4 Å². The Kier molecular flexibility index (Phi) is 6.25. The van der Waals surface area contributed by atoms with Gasteiger partial charge in [-0.05, 0) is 53.1 Å². The molecule has 0 N–H and O–H groups in total. The summed E-state index contributed by atoms with van der Waals surface area (Å²) in [5, 5.41) is 0.496. The third kappa shape index (κ3) is 5.07. The Bertz CT molecular complexity index is 637. The van der Waals surface area contributed by atoms with Crippen molar-refractivity contribution < 1.29 is 4.39 Å². The van der Waals surface area contributed by atoms with Crippen LogP contribution < -0.4 is 0 Å². The molecular formula is C15H15ClFIN2S. The lowest BCUT2D eigenvalue weighted by atomic mass is 10.1. The molecule has 0 unspecified atom stereocenters. The van der Waals surface area contributed by atoms with E-state index in [0.717, 1.165) is 20.6 Å². The first-order valence-corrected chi connectivity index (χ1v) is 8.99. The van der Waals surface area contributed by atoms with Crippen LogP contribution >= 0.6 is 46.0 Å². The van der Waals surface area contributed by atoms with Crippen LogP contribution in [0.4, 0.5) is 4.39 Å². The Hall–Kier alpha value is -0.400. The summed E-state index contributed by atoms with van der Waals surface area (Å²) in [6, 6.07) is 6.51. The highest BCUT2D eigenvalue weighted by Crippen LogP contribution is 2.26. The fourth-order valence-corrected chi connectivity index (χ4v) is 3.27. The van der Waals surface area contributed by atoms with Gasteiger partial charge in [0.15, 0.2) is 0 Å². The van der Waals surface area contributed by atoms with Crippen molar-refractivity contribution in [1.82, 2.24) is 9.97 Å².